The minimum Gasteiger partial charge on any atom is -0.497 e. The molecule has 0 saturated carbocycles. The normalized spacial score (nSPS) is 20.2. The molecular formula is C21H21N3O2S2. The summed E-state index contributed by atoms with van der Waals surface area (Å²) in [5.41, 5.74) is 1.93. The van der Waals surface area contributed by atoms with Crippen molar-refractivity contribution in [2.75, 3.05) is 25.1 Å². The van der Waals surface area contributed by atoms with Crippen molar-refractivity contribution in [3.8, 4) is 5.75 Å². The van der Waals surface area contributed by atoms with E-state index in [0.717, 1.165) is 43.7 Å². The molecular weight excluding hydrogens is 390 g/mol. The van der Waals surface area contributed by atoms with Gasteiger partial charge < -0.3 is 9.64 Å². The summed E-state index contributed by atoms with van der Waals surface area (Å²) >= 11 is 3.09. The largest absolute Gasteiger partial charge is 0.497 e. The lowest BCUT2D eigenvalue weighted by molar-refractivity contribution is -0.122. The monoisotopic (exact) mass is 411 g/mol. The number of methoxy groups -OCH3 is 1. The van der Waals surface area contributed by atoms with Gasteiger partial charge in [0.15, 0.2) is 5.17 Å². The molecule has 0 unspecified atom stereocenters. The Morgan fingerprint density at radius 3 is 2.43 bits per heavy atom. The molecule has 7 heteroatoms. The van der Waals surface area contributed by atoms with Gasteiger partial charge >= 0.3 is 0 Å². The van der Waals surface area contributed by atoms with Gasteiger partial charge in [0.25, 0.3) is 5.91 Å². The number of hydrogen-bond acceptors (Lipinski definition) is 6. The summed E-state index contributed by atoms with van der Waals surface area (Å²) in [6.45, 7) is 5.44. The van der Waals surface area contributed by atoms with E-state index in [1.54, 1.807) is 23.8 Å². The molecule has 1 fully saturated rings. The van der Waals surface area contributed by atoms with Gasteiger partial charge in [0.1, 0.15) is 15.7 Å². The van der Waals surface area contributed by atoms with Crippen molar-refractivity contribution < 1.29 is 9.53 Å². The Bertz CT molecular complexity index is 973. The van der Waals surface area contributed by atoms with Crippen LogP contribution in [0.2, 0.25) is 0 Å². The molecule has 2 aliphatic heterocycles. The SMILES string of the molecule is CCN1C(=O)/C(=C2/Sc3ccc(OC)cc3N2CC)SC1=Nc1ccccc1. The number of ether oxygens (including phenoxy) is 1. The van der Waals surface area contributed by atoms with E-state index < -0.39 is 0 Å². The molecule has 144 valence electrons. The van der Waals surface area contributed by atoms with Crippen molar-refractivity contribution in [2.24, 2.45) is 4.99 Å². The van der Waals surface area contributed by atoms with Crippen molar-refractivity contribution >= 4 is 46.0 Å². The van der Waals surface area contributed by atoms with E-state index in [4.69, 9.17) is 9.73 Å². The molecule has 0 atom stereocenters. The van der Waals surface area contributed by atoms with Crippen molar-refractivity contribution in [1.29, 1.82) is 0 Å². The summed E-state index contributed by atoms with van der Waals surface area (Å²) in [4.78, 5) is 23.7. The Balaban J connectivity index is 1.74. The number of carbonyl (C=O) groups excluding carboxylic acids is 1. The van der Waals surface area contributed by atoms with Gasteiger partial charge in [-0.15, -0.1) is 0 Å². The van der Waals surface area contributed by atoms with Crippen LogP contribution in [0.1, 0.15) is 13.8 Å². The van der Waals surface area contributed by atoms with Crippen LogP contribution in [0.15, 0.2) is 68.4 Å². The number of thioether (sulfide) groups is 2. The van der Waals surface area contributed by atoms with Crippen molar-refractivity contribution in [1.82, 2.24) is 4.90 Å². The summed E-state index contributed by atoms with van der Waals surface area (Å²) in [5.74, 6) is 0.832. The van der Waals surface area contributed by atoms with Gasteiger partial charge in [-0.25, -0.2) is 4.99 Å². The molecule has 28 heavy (non-hydrogen) atoms. The zero-order valence-corrected chi connectivity index (χ0v) is 17.6. The van der Waals surface area contributed by atoms with E-state index in [-0.39, 0.29) is 5.91 Å². The summed E-state index contributed by atoms with van der Waals surface area (Å²) in [6, 6.07) is 15.8. The van der Waals surface area contributed by atoms with Gasteiger partial charge in [-0.3, -0.25) is 9.69 Å². The van der Waals surface area contributed by atoms with Crippen LogP contribution in [0, 0.1) is 0 Å². The van der Waals surface area contributed by atoms with Crippen LogP contribution in [-0.2, 0) is 4.79 Å². The van der Waals surface area contributed by atoms with Crippen molar-refractivity contribution in [3.63, 3.8) is 0 Å². The van der Waals surface area contributed by atoms with Gasteiger partial charge in [-0.2, -0.15) is 0 Å². The third-order valence-corrected chi connectivity index (χ3v) is 6.96. The van der Waals surface area contributed by atoms with E-state index in [0.29, 0.717) is 6.54 Å². The fourth-order valence-electron chi connectivity index (χ4n) is 3.18. The highest BCUT2D eigenvalue weighted by Gasteiger charge is 2.39. The first-order valence-electron chi connectivity index (χ1n) is 9.17. The van der Waals surface area contributed by atoms with Crippen LogP contribution in [-0.4, -0.2) is 36.2 Å². The standard InChI is InChI=1S/C21H21N3O2S2/c1-4-23-16-13-15(26-3)11-12-17(16)27-20(23)18-19(25)24(5-2)21(28-18)22-14-9-7-6-8-10-14/h6-13H,4-5H2,1-3H3/b20-18-,22-21?. The third kappa shape index (κ3) is 3.29. The van der Waals surface area contributed by atoms with Gasteiger partial charge in [0.2, 0.25) is 0 Å². The lowest BCUT2D eigenvalue weighted by atomic mass is 10.2. The number of hydrogen-bond donors (Lipinski definition) is 0. The molecule has 2 aromatic rings. The number of likely N-dealkylation sites (N-methyl/N-ethyl adjacent to an activating group) is 1. The highest BCUT2D eigenvalue weighted by atomic mass is 32.2. The van der Waals surface area contributed by atoms with Crippen LogP contribution in [0.5, 0.6) is 5.75 Å². The van der Waals surface area contributed by atoms with Gasteiger partial charge in [0, 0.05) is 24.1 Å². The predicted molar refractivity (Wildman–Crippen MR) is 117 cm³/mol. The maximum atomic E-state index is 13.2. The molecule has 2 aromatic carbocycles. The second-order valence-electron chi connectivity index (χ2n) is 6.20. The Labute approximate surface area is 173 Å². The topological polar surface area (TPSA) is 45.1 Å². The maximum Gasteiger partial charge on any atom is 0.269 e. The van der Waals surface area contributed by atoms with Crippen LogP contribution < -0.4 is 9.64 Å². The molecule has 0 aromatic heterocycles. The first-order chi connectivity index (χ1) is 13.7. The molecule has 0 bridgehead atoms. The molecule has 4 rings (SSSR count). The molecule has 0 aliphatic carbocycles. The number of aliphatic imine (C=N–C) groups is 1. The highest BCUT2D eigenvalue weighted by Crippen LogP contribution is 2.51. The third-order valence-electron chi connectivity index (χ3n) is 4.58. The number of anilines is 1. The summed E-state index contributed by atoms with van der Waals surface area (Å²) in [6.07, 6.45) is 0. The van der Waals surface area contributed by atoms with E-state index >= 15 is 0 Å². The van der Waals surface area contributed by atoms with Crippen molar-refractivity contribution in [2.45, 2.75) is 18.7 Å². The molecule has 0 N–H and O–H groups in total. The first kappa shape index (κ1) is 19.0. The van der Waals surface area contributed by atoms with Crippen LogP contribution >= 0.6 is 23.5 Å². The lowest BCUT2D eigenvalue weighted by Crippen LogP contribution is -2.29. The molecule has 1 amide bonds. The number of rotatable bonds is 4. The van der Waals surface area contributed by atoms with Gasteiger partial charge in [-0.1, -0.05) is 30.0 Å². The number of para-hydroxylation sites is 1. The molecule has 0 radical (unpaired) electrons. The number of fused-ring (bicyclic) bond motifs is 1. The number of amidine groups is 1. The lowest BCUT2D eigenvalue weighted by Gasteiger charge is -2.19. The molecule has 5 nitrogen and oxygen atoms in total. The quantitative estimate of drug-likeness (QED) is 0.657. The predicted octanol–water partition coefficient (Wildman–Crippen LogP) is 5.08. The highest BCUT2D eigenvalue weighted by molar-refractivity contribution is 8.19. The number of nitrogens with zero attached hydrogens (tertiary/aromatic N) is 3. The molecule has 2 heterocycles. The minimum atomic E-state index is 0.0166. The fourth-order valence-corrected chi connectivity index (χ4v) is 5.62. The van der Waals surface area contributed by atoms with Crippen LogP contribution in [0.25, 0.3) is 0 Å². The average molecular weight is 412 g/mol. The molecule has 1 saturated heterocycles. The van der Waals surface area contributed by atoms with Crippen molar-refractivity contribution in [3.05, 3.63) is 58.5 Å². The number of benzene rings is 2. The Hall–Kier alpha value is -2.38. The second-order valence-corrected chi connectivity index (χ2v) is 8.20. The second kappa shape index (κ2) is 7.93. The smallest absolute Gasteiger partial charge is 0.269 e. The van der Waals surface area contributed by atoms with E-state index in [1.165, 1.54) is 11.8 Å². The van der Waals surface area contributed by atoms with Gasteiger partial charge in [-0.05, 0) is 49.9 Å². The number of carbonyl (C=O) groups is 1. The zero-order valence-electron chi connectivity index (χ0n) is 16.0. The zero-order chi connectivity index (χ0) is 19.7. The average Bonchev–Trinajstić information content (AvgIpc) is 3.24. The van der Waals surface area contributed by atoms with Crippen LogP contribution in [0.4, 0.5) is 11.4 Å². The first-order valence-corrected chi connectivity index (χ1v) is 10.8. The fraction of sp³-hybridized carbons (Fsp3) is 0.238. The number of amides is 1. The molecule has 0 spiro atoms. The van der Waals surface area contributed by atoms with E-state index in [2.05, 4.69) is 17.9 Å². The Morgan fingerprint density at radius 2 is 1.75 bits per heavy atom. The Morgan fingerprint density at radius 1 is 1.00 bits per heavy atom. The van der Waals surface area contributed by atoms with Gasteiger partial charge in [0.05, 0.1) is 18.5 Å². The summed E-state index contributed by atoms with van der Waals surface area (Å²) in [7, 11) is 1.67. The maximum absolute atomic E-state index is 13.2. The Kier molecular flexibility index (Phi) is 5.37. The molecule has 2 aliphatic rings. The van der Waals surface area contributed by atoms with E-state index in [1.807, 2.05) is 49.4 Å². The van der Waals surface area contributed by atoms with E-state index in [9.17, 15) is 4.79 Å². The van der Waals surface area contributed by atoms with Crippen LogP contribution in [0.3, 0.4) is 0 Å². The summed E-state index contributed by atoms with van der Waals surface area (Å²) in [5, 5.41) is 1.70. The minimum absolute atomic E-state index is 0.0166. The summed E-state index contributed by atoms with van der Waals surface area (Å²) < 4.78 is 5.38.